The van der Waals surface area contributed by atoms with Crippen LogP contribution in [-0.2, 0) is 13.0 Å². The molecule has 28 heavy (non-hydrogen) atoms. The summed E-state index contributed by atoms with van der Waals surface area (Å²) in [4.78, 5) is 37.8. The highest BCUT2D eigenvalue weighted by Crippen LogP contribution is 2.33. The SMILES string of the molecule is CNC(=O)c1cc(C(=O)CC2CC2)cn(Cc2cccc3c2NCCC3)c1=O. The molecule has 0 saturated heterocycles. The molecule has 0 unspecified atom stereocenters. The van der Waals surface area contributed by atoms with E-state index in [1.54, 1.807) is 6.20 Å². The average Bonchev–Trinajstić information content (AvgIpc) is 3.53. The van der Waals surface area contributed by atoms with Crippen molar-refractivity contribution in [1.82, 2.24) is 9.88 Å². The number of pyridine rings is 1. The molecule has 146 valence electrons. The molecule has 1 saturated carbocycles. The molecule has 6 nitrogen and oxygen atoms in total. The van der Waals surface area contributed by atoms with Gasteiger partial charge in [-0.3, -0.25) is 14.4 Å². The summed E-state index contributed by atoms with van der Waals surface area (Å²) < 4.78 is 1.50. The number of aryl methyl sites for hydroxylation is 1. The van der Waals surface area contributed by atoms with E-state index in [0.717, 1.165) is 43.5 Å². The molecular formula is C22H25N3O3. The summed E-state index contributed by atoms with van der Waals surface area (Å²) in [6.45, 7) is 1.23. The zero-order valence-corrected chi connectivity index (χ0v) is 16.1. The Labute approximate surface area is 164 Å². The highest BCUT2D eigenvalue weighted by molar-refractivity contribution is 6.00. The number of hydrogen-bond donors (Lipinski definition) is 2. The van der Waals surface area contributed by atoms with Crippen molar-refractivity contribution >= 4 is 17.4 Å². The lowest BCUT2D eigenvalue weighted by Gasteiger charge is -2.22. The Balaban J connectivity index is 1.74. The van der Waals surface area contributed by atoms with Gasteiger partial charge >= 0.3 is 0 Å². The summed E-state index contributed by atoms with van der Waals surface area (Å²) in [6, 6.07) is 7.52. The molecule has 1 aromatic heterocycles. The first kappa shape index (κ1) is 18.5. The summed E-state index contributed by atoms with van der Waals surface area (Å²) in [7, 11) is 1.49. The largest absolute Gasteiger partial charge is 0.385 e. The summed E-state index contributed by atoms with van der Waals surface area (Å²) >= 11 is 0. The summed E-state index contributed by atoms with van der Waals surface area (Å²) in [5, 5.41) is 5.94. The number of aromatic nitrogens is 1. The van der Waals surface area contributed by atoms with Crippen molar-refractivity contribution in [3.8, 4) is 0 Å². The Bertz CT molecular complexity index is 989. The zero-order valence-electron chi connectivity index (χ0n) is 16.1. The number of para-hydroxylation sites is 1. The fraction of sp³-hybridized carbons (Fsp3) is 0.409. The van der Waals surface area contributed by atoms with Gasteiger partial charge in [-0.15, -0.1) is 0 Å². The first-order valence-corrected chi connectivity index (χ1v) is 9.91. The van der Waals surface area contributed by atoms with Crippen LogP contribution >= 0.6 is 0 Å². The van der Waals surface area contributed by atoms with Gasteiger partial charge in [-0.05, 0) is 48.8 Å². The number of carbonyl (C=O) groups is 2. The molecule has 0 radical (unpaired) electrons. The molecule has 0 bridgehead atoms. The van der Waals surface area contributed by atoms with Gasteiger partial charge in [0.2, 0.25) is 0 Å². The van der Waals surface area contributed by atoms with E-state index in [9.17, 15) is 14.4 Å². The van der Waals surface area contributed by atoms with Crippen LogP contribution in [0.15, 0.2) is 35.3 Å². The van der Waals surface area contributed by atoms with Crippen LogP contribution in [0.5, 0.6) is 0 Å². The van der Waals surface area contributed by atoms with Crippen LogP contribution in [0.1, 0.15) is 57.5 Å². The van der Waals surface area contributed by atoms with Crippen LogP contribution < -0.4 is 16.2 Å². The molecular weight excluding hydrogens is 354 g/mol. The number of nitrogens with one attached hydrogen (secondary N) is 2. The van der Waals surface area contributed by atoms with E-state index in [4.69, 9.17) is 0 Å². The number of Topliss-reactive ketones (excluding diaryl/α,β-unsaturated/α-hetero) is 1. The number of nitrogens with zero attached hydrogens (tertiary/aromatic N) is 1. The molecule has 0 spiro atoms. The second-order valence-corrected chi connectivity index (χ2v) is 7.71. The van der Waals surface area contributed by atoms with E-state index in [1.807, 2.05) is 12.1 Å². The normalized spacial score (nSPS) is 15.5. The number of hydrogen-bond acceptors (Lipinski definition) is 4. The van der Waals surface area contributed by atoms with E-state index < -0.39 is 5.91 Å². The Hall–Kier alpha value is -2.89. The van der Waals surface area contributed by atoms with Crippen molar-refractivity contribution in [2.75, 3.05) is 18.9 Å². The van der Waals surface area contributed by atoms with Gasteiger partial charge in [-0.2, -0.15) is 0 Å². The van der Waals surface area contributed by atoms with Crippen LogP contribution in [0.2, 0.25) is 0 Å². The molecule has 2 N–H and O–H groups in total. The molecule has 4 rings (SSSR count). The van der Waals surface area contributed by atoms with Crippen LogP contribution in [0.3, 0.4) is 0 Å². The Morgan fingerprint density at radius 3 is 2.86 bits per heavy atom. The van der Waals surface area contributed by atoms with Crippen LogP contribution in [0, 0.1) is 5.92 Å². The quantitative estimate of drug-likeness (QED) is 0.756. The van der Waals surface area contributed by atoms with Crippen LogP contribution in [0.4, 0.5) is 5.69 Å². The molecule has 1 aliphatic carbocycles. The second-order valence-electron chi connectivity index (χ2n) is 7.71. The van der Waals surface area contributed by atoms with Gasteiger partial charge in [0.25, 0.3) is 11.5 Å². The minimum Gasteiger partial charge on any atom is -0.385 e. The Morgan fingerprint density at radius 2 is 2.11 bits per heavy atom. The second kappa shape index (κ2) is 7.62. The molecule has 2 aliphatic rings. The van der Waals surface area contributed by atoms with E-state index in [2.05, 4.69) is 16.7 Å². The predicted octanol–water partition coefficient (Wildman–Crippen LogP) is 2.60. The number of rotatable bonds is 6. The van der Waals surface area contributed by atoms with Gasteiger partial charge in [-0.1, -0.05) is 18.2 Å². The van der Waals surface area contributed by atoms with E-state index in [1.165, 1.54) is 23.2 Å². The number of fused-ring (bicyclic) bond motifs is 1. The van der Waals surface area contributed by atoms with E-state index >= 15 is 0 Å². The highest BCUT2D eigenvalue weighted by atomic mass is 16.2. The van der Waals surface area contributed by atoms with Gasteiger partial charge < -0.3 is 15.2 Å². The van der Waals surface area contributed by atoms with Gasteiger partial charge in [0.15, 0.2) is 5.78 Å². The molecule has 2 heterocycles. The van der Waals surface area contributed by atoms with Gasteiger partial charge in [0.1, 0.15) is 5.56 Å². The van der Waals surface area contributed by atoms with Crippen molar-refractivity contribution < 1.29 is 9.59 Å². The first-order valence-electron chi connectivity index (χ1n) is 9.91. The smallest absolute Gasteiger partial charge is 0.263 e. The van der Waals surface area contributed by atoms with Crippen molar-refractivity contribution in [3.05, 3.63) is 63.1 Å². The minimum atomic E-state index is -0.465. The fourth-order valence-electron chi connectivity index (χ4n) is 3.80. The maximum atomic E-state index is 12.9. The third-order valence-electron chi connectivity index (χ3n) is 5.55. The number of ketones is 1. The molecule has 1 fully saturated rings. The number of benzene rings is 1. The van der Waals surface area contributed by atoms with Crippen molar-refractivity contribution in [2.45, 2.75) is 38.6 Å². The molecule has 1 aromatic carbocycles. The maximum Gasteiger partial charge on any atom is 0.263 e. The van der Waals surface area contributed by atoms with Crippen LogP contribution in [0.25, 0.3) is 0 Å². The Kier molecular flexibility index (Phi) is 5.03. The van der Waals surface area contributed by atoms with Crippen molar-refractivity contribution in [1.29, 1.82) is 0 Å². The minimum absolute atomic E-state index is 0.00498. The summed E-state index contributed by atoms with van der Waals surface area (Å²) in [5.41, 5.74) is 3.37. The topological polar surface area (TPSA) is 80.2 Å². The summed E-state index contributed by atoms with van der Waals surface area (Å²) in [5.74, 6) is -0.0238. The number of amides is 1. The molecule has 0 atom stereocenters. The lowest BCUT2D eigenvalue weighted by molar-refractivity contribution is 0.0961. The summed E-state index contributed by atoms with van der Waals surface area (Å²) in [6.07, 6.45) is 6.34. The number of carbonyl (C=O) groups excluding carboxylic acids is 2. The lowest BCUT2D eigenvalue weighted by Crippen LogP contribution is -2.32. The molecule has 2 aromatic rings. The average molecular weight is 379 g/mol. The van der Waals surface area contributed by atoms with Gasteiger partial charge in [-0.25, -0.2) is 0 Å². The number of anilines is 1. The lowest BCUT2D eigenvalue weighted by atomic mass is 9.99. The fourth-order valence-corrected chi connectivity index (χ4v) is 3.80. The maximum absolute atomic E-state index is 12.9. The van der Waals surface area contributed by atoms with Crippen molar-refractivity contribution in [3.63, 3.8) is 0 Å². The zero-order chi connectivity index (χ0) is 19.7. The monoisotopic (exact) mass is 379 g/mol. The van der Waals surface area contributed by atoms with Crippen molar-refractivity contribution in [2.24, 2.45) is 5.92 Å². The van der Waals surface area contributed by atoms with Crippen LogP contribution in [-0.4, -0.2) is 29.8 Å². The standard InChI is InChI=1S/C22H25N3O3/c1-23-21(27)18-11-17(19(26)10-14-7-8-14)13-25(22(18)28)12-16-5-2-4-15-6-3-9-24-20(15)16/h2,4-5,11,13-14,24H,3,6-10,12H2,1H3,(H,23,27). The highest BCUT2D eigenvalue weighted by Gasteiger charge is 2.26. The third-order valence-corrected chi connectivity index (χ3v) is 5.55. The molecule has 6 heteroatoms. The molecule has 1 aliphatic heterocycles. The van der Waals surface area contributed by atoms with Gasteiger partial charge in [0, 0.05) is 37.5 Å². The predicted molar refractivity (Wildman–Crippen MR) is 108 cm³/mol. The Morgan fingerprint density at radius 1 is 1.29 bits per heavy atom. The van der Waals surface area contributed by atoms with E-state index in [-0.39, 0.29) is 16.9 Å². The van der Waals surface area contributed by atoms with Gasteiger partial charge in [0.05, 0.1) is 6.54 Å². The molecule has 1 amide bonds. The third kappa shape index (κ3) is 3.72. The van der Waals surface area contributed by atoms with E-state index in [0.29, 0.717) is 24.4 Å². The first-order chi connectivity index (χ1) is 13.6.